The molecule has 0 saturated heterocycles. The molecule has 0 unspecified atom stereocenters. The number of amides is 1. The number of aromatic nitrogens is 4. The number of carbonyl (C=O) groups is 1. The zero-order valence-corrected chi connectivity index (χ0v) is 7.56. The van der Waals surface area contributed by atoms with E-state index >= 15 is 0 Å². The molecular weight excluding hydrogens is 186 g/mol. The summed E-state index contributed by atoms with van der Waals surface area (Å²) >= 11 is 0. The highest BCUT2D eigenvalue weighted by Gasteiger charge is 2.08. The molecule has 76 valence electrons. The van der Waals surface area contributed by atoms with Crippen molar-refractivity contribution >= 4 is 5.91 Å². The maximum atomic E-state index is 11.2. The quantitative estimate of drug-likeness (QED) is 0.473. The monoisotopic (exact) mass is 197 g/mol. The molecule has 2 N–H and O–H groups in total. The van der Waals surface area contributed by atoms with Crippen LogP contribution in [-0.4, -0.2) is 39.7 Å². The van der Waals surface area contributed by atoms with Gasteiger partial charge in [-0.15, -0.1) is 10.2 Å². The number of nitrogens with one attached hydrogen (secondary N) is 2. The first-order chi connectivity index (χ1) is 6.84. The average Bonchev–Trinajstić information content (AvgIpc) is 2.70. The minimum Gasteiger partial charge on any atom is -0.502 e. The van der Waals surface area contributed by atoms with Crippen LogP contribution in [0.25, 0.3) is 0 Å². The van der Waals surface area contributed by atoms with E-state index in [1.807, 2.05) is 0 Å². The van der Waals surface area contributed by atoms with Gasteiger partial charge in [-0.3, -0.25) is 4.79 Å². The molecule has 1 aromatic rings. The lowest BCUT2D eigenvalue weighted by Gasteiger charge is -2.01. The number of ether oxygens (including phenoxy) is 1. The van der Waals surface area contributed by atoms with Gasteiger partial charge in [-0.2, -0.15) is 5.21 Å². The van der Waals surface area contributed by atoms with Crippen molar-refractivity contribution in [2.75, 3.05) is 13.2 Å². The lowest BCUT2D eigenvalue weighted by Crippen LogP contribution is -2.26. The molecule has 0 aliphatic heterocycles. The van der Waals surface area contributed by atoms with E-state index in [2.05, 4.69) is 32.5 Å². The number of nitrogens with zero attached hydrogens (tertiary/aromatic N) is 3. The van der Waals surface area contributed by atoms with Gasteiger partial charge in [-0.05, 0) is 11.6 Å². The van der Waals surface area contributed by atoms with Gasteiger partial charge < -0.3 is 10.1 Å². The highest BCUT2D eigenvalue weighted by molar-refractivity contribution is 5.89. The zero-order valence-electron chi connectivity index (χ0n) is 7.56. The summed E-state index contributed by atoms with van der Waals surface area (Å²) in [5.41, 5.74) is 0. The van der Waals surface area contributed by atoms with Crippen molar-refractivity contribution in [3.05, 3.63) is 18.7 Å². The van der Waals surface area contributed by atoms with Crippen molar-refractivity contribution < 1.29 is 9.53 Å². The molecule has 1 rings (SSSR count). The summed E-state index contributed by atoms with van der Waals surface area (Å²) in [4.78, 5) is 11.2. The van der Waals surface area contributed by atoms with Crippen LogP contribution in [0.3, 0.4) is 0 Å². The van der Waals surface area contributed by atoms with Crippen molar-refractivity contribution in [1.29, 1.82) is 0 Å². The van der Waals surface area contributed by atoms with Crippen LogP contribution < -0.4 is 5.32 Å². The van der Waals surface area contributed by atoms with Crippen LogP contribution in [-0.2, 0) is 4.74 Å². The average molecular weight is 197 g/mol. The molecule has 0 radical (unpaired) electrons. The van der Waals surface area contributed by atoms with Crippen molar-refractivity contribution in [2.45, 2.75) is 6.42 Å². The highest BCUT2D eigenvalue weighted by atomic mass is 16.5. The summed E-state index contributed by atoms with van der Waals surface area (Å²) in [6.45, 7) is 4.42. The second-order valence-electron chi connectivity index (χ2n) is 2.38. The zero-order chi connectivity index (χ0) is 10.2. The van der Waals surface area contributed by atoms with E-state index in [1.54, 1.807) is 0 Å². The Kier molecular flexibility index (Phi) is 4.12. The van der Waals surface area contributed by atoms with Crippen molar-refractivity contribution in [1.82, 2.24) is 25.9 Å². The van der Waals surface area contributed by atoms with E-state index in [0.29, 0.717) is 19.6 Å². The van der Waals surface area contributed by atoms with Crippen LogP contribution in [0.15, 0.2) is 12.8 Å². The van der Waals surface area contributed by atoms with Crippen LogP contribution >= 0.6 is 0 Å². The molecular formula is C7H11N5O2. The van der Waals surface area contributed by atoms with Gasteiger partial charge in [0.1, 0.15) is 0 Å². The molecule has 0 atom stereocenters. The smallest absolute Gasteiger partial charge is 0.292 e. The maximum Gasteiger partial charge on any atom is 0.292 e. The summed E-state index contributed by atoms with van der Waals surface area (Å²) in [6.07, 6.45) is 2.07. The summed E-state index contributed by atoms with van der Waals surface area (Å²) in [5, 5.41) is 15.1. The van der Waals surface area contributed by atoms with Crippen molar-refractivity contribution in [3.63, 3.8) is 0 Å². The van der Waals surface area contributed by atoms with E-state index in [4.69, 9.17) is 4.74 Å². The van der Waals surface area contributed by atoms with Crippen LogP contribution in [0.2, 0.25) is 0 Å². The Bertz CT molecular complexity index is 284. The number of tetrazole rings is 1. The molecule has 0 saturated carbocycles. The normalized spacial score (nSPS) is 9.43. The van der Waals surface area contributed by atoms with Gasteiger partial charge in [0.25, 0.3) is 11.7 Å². The van der Waals surface area contributed by atoms with Gasteiger partial charge >= 0.3 is 0 Å². The molecule has 0 spiro atoms. The first-order valence-corrected chi connectivity index (χ1v) is 4.08. The van der Waals surface area contributed by atoms with Gasteiger partial charge in [0.15, 0.2) is 0 Å². The number of rotatable bonds is 6. The second-order valence-corrected chi connectivity index (χ2v) is 2.38. The van der Waals surface area contributed by atoms with Gasteiger partial charge in [-0.1, -0.05) is 6.58 Å². The summed E-state index contributed by atoms with van der Waals surface area (Å²) < 4.78 is 4.87. The predicted molar refractivity (Wildman–Crippen MR) is 47.3 cm³/mol. The van der Waals surface area contributed by atoms with E-state index in [0.717, 1.165) is 0 Å². The number of H-pyrrole nitrogens is 1. The van der Waals surface area contributed by atoms with Crippen LogP contribution in [0.5, 0.6) is 0 Å². The Morgan fingerprint density at radius 2 is 2.57 bits per heavy atom. The fraction of sp³-hybridized carbons (Fsp3) is 0.429. The lowest BCUT2D eigenvalue weighted by molar-refractivity contribution is 0.0940. The molecule has 0 aliphatic carbocycles. The van der Waals surface area contributed by atoms with Gasteiger partial charge in [0.05, 0.1) is 12.9 Å². The molecule has 1 amide bonds. The van der Waals surface area contributed by atoms with Crippen LogP contribution in [0.4, 0.5) is 0 Å². The van der Waals surface area contributed by atoms with Crippen LogP contribution in [0.1, 0.15) is 17.0 Å². The predicted octanol–water partition coefficient (Wildman–Crippen LogP) is -0.520. The first-order valence-electron chi connectivity index (χ1n) is 4.08. The van der Waals surface area contributed by atoms with Gasteiger partial charge in [0.2, 0.25) is 0 Å². The second kappa shape index (κ2) is 5.68. The van der Waals surface area contributed by atoms with E-state index in [1.165, 1.54) is 6.26 Å². The van der Waals surface area contributed by atoms with Crippen molar-refractivity contribution in [3.8, 4) is 0 Å². The van der Waals surface area contributed by atoms with E-state index in [9.17, 15) is 4.79 Å². The third-order valence-electron chi connectivity index (χ3n) is 1.39. The SMILES string of the molecule is C=COCCCNC(=O)c1nn[nH]n1. The molecule has 7 heteroatoms. The van der Waals surface area contributed by atoms with Crippen LogP contribution in [0, 0.1) is 0 Å². The first kappa shape index (κ1) is 10.2. The Hall–Kier alpha value is -1.92. The Morgan fingerprint density at radius 3 is 3.21 bits per heavy atom. The fourth-order valence-electron chi connectivity index (χ4n) is 0.778. The molecule has 0 bridgehead atoms. The minimum atomic E-state index is -0.350. The van der Waals surface area contributed by atoms with E-state index < -0.39 is 0 Å². The summed E-state index contributed by atoms with van der Waals surface area (Å²) in [6, 6.07) is 0. The molecule has 1 aromatic heterocycles. The molecule has 0 aliphatic rings. The van der Waals surface area contributed by atoms with Gasteiger partial charge in [-0.25, -0.2) is 0 Å². The van der Waals surface area contributed by atoms with Crippen molar-refractivity contribution in [2.24, 2.45) is 0 Å². The highest BCUT2D eigenvalue weighted by Crippen LogP contribution is 1.85. The Labute approximate surface area is 80.5 Å². The number of hydrogen-bond acceptors (Lipinski definition) is 5. The van der Waals surface area contributed by atoms with E-state index in [-0.39, 0.29) is 11.7 Å². The Morgan fingerprint density at radius 1 is 1.71 bits per heavy atom. The number of hydrogen-bond donors (Lipinski definition) is 2. The lowest BCUT2D eigenvalue weighted by atomic mass is 10.4. The third kappa shape index (κ3) is 3.21. The minimum absolute atomic E-state index is 0.0367. The molecule has 0 aromatic carbocycles. The fourth-order valence-corrected chi connectivity index (χ4v) is 0.778. The summed E-state index contributed by atoms with van der Waals surface area (Å²) in [7, 11) is 0. The van der Waals surface area contributed by atoms with Gasteiger partial charge in [0, 0.05) is 6.54 Å². The molecule has 0 fully saturated rings. The topological polar surface area (TPSA) is 92.8 Å². The molecule has 7 nitrogen and oxygen atoms in total. The Balaban J connectivity index is 2.13. The third-order valence-corrected chi connectivity index (χ3v) is 1.39. The standard InChI is InChI=1S/C7H11N5O2/c1-2-14-5-3-4-8-7(13)6-9-11-12-10-6/h2H,1,3-5H2,(H,8,13)(H,9,10,11,12). The molecule has 14 heavy (non-hydrogen) atoms. The maximum absolute atomic E-state index is 11.2. The number of carbonyl (C=O) groups excluding carboxylic acids is 1. The largest absolute Gasteiger partial charge is 0.502 e. The summed E-state index contributed by atoms with van der Waals surface area (Å²) in [5.74, 6) is -0.313. The number of aromatic amines is 1. The molecule has 1 heterocycles.